The van der Waals surface area contributed by atoms with Crippen molar-refractivity contribution < 1.29 is 4.74 Å². The quantitative estimate of drug-likeness (QED) is 0.648. The fourth-order valence-electron chi connectivity index (χ4n) is 2.68. The third-order valence-corrected chi connectivity index (χ3v) is 3.47. The number of methoxy groups -OCH3 is 1. The highest BCUT2D eigenvalue weighted by Gasteiger charge is 2.33. The Morgan fingerprint density at radius 2 is 1.69 bits per heavy atom. The maximum atomic E-state index is 5.51. The van der Waals surface area contributed by atoms with Crippen LogP contribution in [0.5, 0.6) is 0 Å². The minimum atomic E-state index is 0.0616. The Labute approximate surface area is 82.9 Å². The minimum Gasteiger partial charge on any atom is -0.379 e. The van der Waals surface area contributed by atoms with E-state index in [4.69, 9.17) is 4.74 Å². The van der Waals surface area contributed by atoms with Crippen LogP contribution in [0.2, 0.25) is 0 Å². The number of hydrogen-bond acceptors (Lipinski definition) is 1. The van der Waals surface area contributed by atoms with Crippen molar-refractivity contribution in [3.05, 3.63) is 0 Å². The zero-order valence-electron chi connectivity index (χ0n) is 9.65. The Bertz CT molecular complexity index is 155. The summed E-state index contributed by atoms with van der Waals surface area (Å²) in [5.74, 6) is 0. The van der Waals surface area contributed by atoms with E-state index in [-0.39, 0.29) is 5.60 Å². The summed E-state index contributed by atoms with van der Waals surface area (Å²) in [6.45, 7) is 6.83. The van der Waals surface area contributed by atoms with Crippen molar-refractivity contribution in [1.29, 1.82) is 0 Å². The van der Waals surface area contributed by atoms with Crippen molar-refractivity contribution in [2.24, 2.45) is 5.41 Å². The second kappa shape index (κ2) is 4.00. The molecule has 0 N–H and O–H groups in total. The third-order valence-electron chi connectivity index (χ3n) is 3.47. The molecule has 1 aliphatic rings. The molecule has 1 aliphatic carbocycles. The Hall–Kier alpha value is -0.0400. The Balaban J connectivity index is 2.49. The molecule has 0 aliphatic heterocycles. The summed E-state index contributed by atoms with van der Waals surface area (Å²) in [7, 11) is 1.83. The van der Waals surface area contributed by atoms with Gasteiger partial charge in [-0.3, -0.25) is 0 Å². The van der Waals surface area contributed by atoms with E-state index in [0.29, 0.717) is 5.41 Å². The van der Waals surface area contributed by atoms with E-state index in [9.17, 15) is 0 Å². The Morgan fingerprint density at radius 3 is 2.15 bits per heavy atom. The molecular formula is C12H24O. The van der Waals surface area contributed by atoms with E-state index in [1.165, 1.54) is 38.5 Å². The molecule has 0 spiro atoms. The van der Waals surface area contributed by atoms with Crippen LogP contribution in [0.4, 0.5) is 0 Å². The SMILES string of the molecule is COC(C)(C)CC1(C)CCCCC1. The van der Waals surface area contributed by atoms with Gasteiger partial charge in [-0.25, -0.2) is 0 Å². The van der Waals surface area contributed by atoms with Crippen molar-refractivity contribution in [3.8, 4) is 0 Å². The van der Waals surface area contributed by atoms with Crippen LogP contribution in [-0.2, 0) is 4.74 Å². The molecule has 0 bridgehead atoms. The fraction of sp³-hybridized carbons (Fsp3) is 1.00. The molecule has 0 atom stereocenters. The minimum absolute atomic E-state index is 0.0616. The number of rotatable bonds is 3. The van der Waals surface area contributed by atoms with Crippen molar-refractivity contribution in [2.75, 3.05) is 7.11 Å². The van der Waals surface area contributed by atoms with E-state index in [2.05, 4.69) is 20.8 Å². The summed E-state index contributed by atoms with van der Waals surface area (Å²) in [4.78, 5) is 0. The lowest BCUT2D eigenvalue weighted by Crippen LogP contribution is -2.33. The summed E-state index contributed by atoms with van der Waals surface area (Å²) < 4.78 is 5.51. The molecule has 1 heteroatoms. The molecule has 0 radical (unpaired) electrons. The summed E-state index contributed by atoms with van der Waals surface area (Å²) in [5, 5.41) is 0. The van der Waals surface area contributed by atoms with Crippen LogP contribution in [0.15, 0.2) is 0 Å². The molecular weight excluding hydrogens is 160 g/mol. The molecule has 0 saturated heterocycles. The fourth-order valence-corrected chi connectivity index (χ4v) is 2.68. The molecule has 0 aromatic rings. The first-order chi connectivity index (χ1) is 5.97. The van der Waals surface area contributed by atoms with Crippen LogP contribution >= 0.6 is 0 Å². The molecule has 1 fully saturated rings. The van der Waals surface area contributed by atoms with Gasteiger partial charge in [0.25, 0.3) is 0 Å². The highest BCUT2D eigenvalue weighted by molar-refractivity contribution is 4.85. The van der Waals surface area contributed by atoms with Crippen LogP contribution in [-0.4, -0.2) is 12.7 Å². The normalized spacial score (nSPS) is 23.1. The lowest BCUT2D eigenvalue weighted by Gasteiger charge is -2.39. The van der Waals surface area contributed by atoms with Gasteiger partial charge >= 0.3 is 0 Å². The van der Waals surface area contributed by atoms with Crippen LogP contribution in [0.1, 0.15) is 59.3 Å². The smallest absolute Gasteiger partial charge is 0.0627 e. The topological polar surface area (TPSA) is 9.23 Å². The Kier molecular flexibility index (Phi) is 3.39. The highest BCUT2D eigenvalue weighted by Crippen LogP contribution is 2.42. The van der Waals surface area contributed by atoms with Gasteiger partial charge < -0.3 is 4.74 Å². The summed E-state index contributed by atoms with van der Waals surface area (Å²) >= 11 is 0. The van der Waals surface area contributed by atoms with Crippen molar-refractivity contribution in [3.63, 3.8) is 0 Å². The monoisotopic (exact) mass is 184 g/mol. The molecule has 13 heavy (non-hydrogen) atoms. The predicted molar refractivity (Wildman–Crippen MR) is 56.9 cm³/mol. The van der Waals surface area contributed by atoms with Crippen molar-refractivity contribution >= 4 is 0 Å². The highest BCUT2D eigenvalue weighted by atomic mass is 16.5. The maximum absolute atomic E-state index is 5.51. The van der Waals surface area contributed by atoms with Crippen LogP contribution in [0.3, 0.4) is 0 Å². The van der Waals surface area contributed by atoms with Crippen LogP contribution in [0.25, 0.3) is 0 Å². The van der Waals surface area contributed by atoms with Gasteiger partial charge in [0.15, 0.2) is 0 Å². The largest absolute Gasteiger partial charge is 0.379 e. The van der Waals surface area contributed by atoms with E-state index >= 15 is 0 Å². The van der Waals surface area contributed by atoms with Gasteiger partial charge in [-0.2, -0.15) is 0 Å². The zero-order chi connectivity index (χ0) is 9.95. The van der Waals surface area contributed by atoms with Gasteiger partial charge in [-0.1, -0.05) is 26.2 Å². The molecule has 1 saturated carbocycles. The molecule has 0 amide bonds. The second-order valence-corrected chi connectivity index (χ2v) is 5.51. The molecule has 78 valence electrons. The zero-order valence-corrected chi connectivity index (χ0v) is 9.65. The lowest BCUT2D eigenvalue weighted by molar-refractivity contribution is -0.0253. The van der Waals surface area contributed by atoms with Gasteiger partial charge in [0, 0.05) is 7.11 Å². The van der Waals surface area contributed by atoms with Gasteiger partial charge in [0.05, 0.1) is 5.60 Å². The summed E-state index contributed by atoms with van der Waals surface area (Å²) in [5.41, 5.74) is 0.601. The predicted octanol–water partition coefficient (Wildman–Crippen LogP) is 3.77. The lowest BCUT2D eigenvalue weighted by atomic mass is 9.70. The second-order valence-electron chi connectivity index (χ2n) is 5.51. The molecule has 0 heterocycles. The van der Waals surface area contributed by atoms with E-state index < -0.39 is 0 Å². The summed E-state index contributed by atoms with van der Waals surface area (Å²) in [6, 6.07) is 0. The first kappa shape index (κ1) is 11.0. The van der Waals surface area contributed by atoms with Crippen LogP contribution in [0, 0.1) is 5.41 Å². The van der Waals surface area contributed by atoms with Crippen molar-refractivity contribution in [2.45, 2.75) is 64.9 Å². The number of ether oxygens (including phenoxy) is 1. The van der Waals surface area contributed by atoms with Crippen LogP contribution < -0.4 is 0 Å². The molecule has 0 aromatic carbocycles. The Morgan fingerprint density at radius 1 is 1.15 bits per heavy atom. The van der Waals surface area contributed by atoms with Gasteiger partial charge in [0.2, 0.25) is 0 Å². The molecule has 0 aromatic heterocycles. The molecule has 1 nitrogen and oxygen atoms in total. The van der Waals surface area contributed by atoms with Gasteiger partial charge in [-0.15, -0.1) is 0 Å². The van der Waals surface area contributed by atoms with E-state index in [1.807, 2.05) is 7.11 Å². The average Bonchev–Trinajstić information content (AvgIpc) is 2.04. The van der Waals surface area contributed by atoms with Gasteiger partial charge in [0.1, 0.15) is 0 Å². The maximum Gasteiger partial charge on any atom is 0.0627 e. The first-order valence-corrected chi connectivity index (χ1v) is 5.53. The van der Waals surface area contributed by atoms with E-state index in [1.54, 1.807) is 0 Å². The third kappa shape index (κ3) is 3.30. The van der Waals surface area contributed by atoms with Crippen molar-refractivity contribution in [1.82, 2.24) is 0 Å². The first-order valence-electron chi connectivity index (χ1n) is 5.53. The van der Waals surface area contributed by atoms with Gasteiger partial charge in [-0.05, 0) is 38.5 Å². The standard InChI is InChI=1S/C12H24O/c1-11(2,13-4)10-12(3)8-6-5-7-9-12/h5-10H2,1-4H3. The molecule has 1 rings (SSSR count). The van der Waals surface area contributed by atoms with E-state index in [0.717, 1.165) is 0 Å². The average molecular weight is 184 g/mol. The molecule has 0 unspecified atom stereocenters. The summed E-state index contributed by atoms with van der Waals surface area (Å²) in [6.07, 6.45) is 8.24. The number of hydrogen-bond donors (Lipinski definition) is 0.